The van der Waals surface area contributed by atoms with Gasteiger partial charge in [-0.2, -0.15) is 0 Å². The Morgan fingerprint density at radius 1 is 1.35 bits per heavy atom. The topological polar surface area (TPSA) is 72.2 Å². The fourth-order valence-electron chi connectivity index (χ4n) is 3.25. The largest absolute Gasteiger partial charge is 0.365 e. The third-order valence-corrected chi connectivity index (χ3v) is 5.89. The van der Waals surface area contributed by atoms with Gasteiger partial charge in [-0.1, -0.05) is 25.5 Å². The molecule has 0 saturated heterocycles. The predicted molar refractivity (Wildman–Crippen MR) is 103 cm³/mol. The molecule has 0 bridgehead atoms. The van der Waals surface area contributed by atoms with Gasteiger partial charge in [-0.05, 0) is 54.5 Å². The lowest BCUT2D eigenvalue weighted by molar-refractivity contribution is -0.111. The lowest BCUT2D eigenvalue weighted by Crippen LogP contribution is -2.19. The molecule has 3 N–H and O–H groups in total. The van der Waals surface area contributed by atoms with Crippen molar-refractivity contribution < 1.29 is 14.0 Å². The van der Waals surface area contributed by atoms with E-state index in [0.717, 1.165) is 36.1 Å². The first kappa shape index (κ1) is 18.3. The average molecular weight is 372 g/mol. The normalized spacial score (nSPS) is 16.5. The van der Waals surface area contributed by atoms with E-state index in [1.807, 2.05) is 0 Å². The molecule has 0 saturated carbocycles. The van der Waals surface area contributed by atoms with Crippen LogP contribution in [0.15, 0.2) is 30.3 Å². The molecular formula is C20H21FN2O2S. The highest BCUT2D eigenvalue weighted by Crippen LogP contribution is 2.40. The molecule has 1 aliphatic carbocycles. The summed E-state index contributed by atoms with van der Waals surface area (Å²) in [5, 5.41) is 3.30. The van der Waals surface area contributed by atoms with Crippen molar-refractivity contribution in [2.24, 2.45) is 11.7 Å². The number of benzene rings is 1. The highest BCUT2D eigenvalue weighted by Gasteiger charge is 2.27. The van der Waals surface area contributed by atoms with E-state index in [-0.39, 0.29) is 11.7 Å². The van der Waals surface area contributed by atoms with Crippen LogP contribution in [-0.2, 0) is 17.6 Å². The van der Waals surface area contributed by atoms with Crippen LogP contribution in [0, 0.1) is 11.7 Å². The molecule has 2 aromatic rings. The van der Waals surface area contributed by atoms with Gasteiger partial charge in [0.25, 0.3) is 5.91 Å². The predicted octanol–water partition coefficient (Wildman–Crippen LogP) is 4.15. The number of thiophene rings is 1. The highest BCUT2D eigenvalue weighted by molar-refractivity contribution is 7.17. The standard InChI is InChI=1S/C20H21FN2O2S/c1-2-12-5-9-15-16(11-12)26-20(18(15)19(22)25)23-17(24)10-6-13-3-7-14(21)8-4-13/h3-4,6-8,10,12H,2,5,9,11H2,1H3,(H2,22,25)(H,23,24)/b10-6+. The zero-order valence-electron chi connectivity index (χ0n) is 14.5. The Morgan fingerprint density at radius 3 is 2.73 bits per heavy atom. The number of rotatable bonds is 5. The molecule has 2 amide bonds. The monoisotopic (exact) mass is 372 g/mol. The summed E-state index contributed by atoms with van der Waals surface area (Å²) in [6.07, 6.45) is 6.86. The fourth-order valence-corrected chi connectivity index (χ4v) is 4.62. The van der Waals surface area contributed by atoms with Crippen LogP contribution in [0.1, 0.15) is 46.1 Å². The van der Waals surface area contributed by atoms with Gasteiger partial charge >= 0.3 is 0 Å². The number of hydrogen-bond donors (Lipinski definition) is 2. The van der Waals surface area contributed by atoms with Gasteiger partial charge in [0, 0.05) is 11.0 Å². The van der Waals surface area contributed by atoms with Crippen LogP contribution >= 0.6 is 11.3 Å². The van der Waals surface area contributed by atoms with Crippen molar-refractivity contribution in [3.05, 3.63) is 57.7 Å². The van der Waals surface area contributed by atoms with Crippen LogP contribution in [-0.4, -0.2) is 11.8 Å². The molecule has 1 aliphatic rings. The summed E-state index contributed by atoms with van der Waals surface area (Å²) in [6.45, 7) is 2.17. The third kappa shape index (κ3) is 4.02. The van der Waals surface area contributed by atoms with Gasteiger partial charge in [0.15, 0.2) is 0 Å². The van der Waals surface area contributed by atoms with E-state index >= 15 is 0 Å². The first-order valence-corrected chi connectivity index (χ1v) is 9.48. The summed E-state index contributed by atoms with van der Waals surface area (Å²) in [4.78, 5) is 25.3. The van der Waals surface area contributed by atoms with E-state index in [1.54, 1.807) is 18.2 Å². The van der Waals surface area contributed by atoms with Gasteiger partial charge in [0.05, 0.1) is 5.56 Å². The Morgan fingerprint density at radius 2 is 2.08 bits per heavy atom. The van der Waals surface area contributed by atoms with Crippen LogP contribution < -0.4 is 11.1 Å². The van der Waals surface area contributed by atoms with Crippen LogP contribution in [0.25, 0.3) is 6.08 Å². The van der Waals surface area contributed by atoms with Crippen LogP contribution in [0.3, 0.4) is 0 Å². The lowest BCUT2D eigenvalue weighted by atomic mass is 9.85. The Bertz CT molecular complexity index is 855. The Kier molecular flexibility index (Phi) is 5.52. The number of nitrogens with two attached hydrogens (primary N) is 1. The van der Waals surface area contributed by atoms with Crippen LogP contribution in [0.5, 0.6) is 0 Å². The zero-order valence-corrected chi connectivity index (χ0v) is 15.4. The van der Waals surface area contributed by atoms with Gasteiger partial charge in [0.2, 0.25) is 5.91 Å². The molecule has 1 aromatic carbocycles. The molecule has 3 rings (SSSR count). The van der Waals surface area contributed by atoms with E-state index in [2.05, 4.69) is 12.2 Å². The molecule has 6 heteroatoms. The smallest absolute Gasteiger partial charge is 0.251 e. The van der Waals surface area contributed by atoms with Gasteiger partial charge in [-0.15, -0.1) is 11.3 Å². The number of amides is 2. The second-order valence-electron chi connectivity index (χ2n) is 6.46. The molecule has 4 nitrogen and oxygen atoms in total. The number of anilines is 1. The number of halogens is 1. The van der Waals surface area contributed by atoms with E-state index in [1.165, 1.54) is 29.5 Å². The Hall–Kier alpha value is -2.47. The SMILES string of the molecule is CCC1CCc2c(sc(NC(=O)/C=C/c3ccc(F)cc3)c2C(N)=O)C1. The maximum absolute atomic E-state index is 12.9. The molecule has 0 spiro atoms. The lowest BCUT2D eigenvalue weighted by Gasteiger charge is -2.20. The Balaban J connectivity index is 1.78. The van der Waals surface area contributed by atoms with Crippen molar-refractivity contribution in [1.29, 1.82) is 0 Å². The first-order valence-electron chi connectivity index (χ1n) is 8.67. The molecule has 1 aromatic heterocycles. The summed E-state index contributed by atoms with van der Waals surface area (Å²) < 4.78 is 12.9. The quantitative estimate of drug-likeness (QED) is 0.774. The zero-order chi connectivity index (χ0) is 18.7. The van der Waals surface area contributed by atoms with Crippen molar-refractivity contribution in [2.75, 3.05) is 5.32 Å². The highest BCUT2D eigenvalue weighted by atomic mass is 32.1. The number of carbonyl (C=O) groups is 2. The van der Waals surface area contributed by atoms with Crippen molar-refractivity contribution in [2.45, 2.75) is 32.6 Å². The summed E-state index contributed by atoms with van der Waals surface area (Å²) in [6, 6.07) is 5.84. The molecule has 26 heavy (non-hydrogen) atoms. The number of hydrogen-bond acceptors (Lipinski definition) is 3. The van der Waals surface area contributed by atoms with E-state index in [0.29, 0.717) is 22.0 Å². The summed E-state index contributed by atoms with van der Waals surface area (Å²) in [7, 11) is 0. The van der Waals surface area contributed by atoms with Gasteiger partial charge < -0.3 is 11.1 Å². The van der Waals surface area contributed by atoms with Crippen molar-refractivity contribution in [3.63, 3.8) is 0 Å². The maximum atomic E-state index is 12.9. The van der Waals surface area contributed by atoms with E-state index in [4.69, 9.17) is 5.73 Å². The first-order chi connectivity index (χ1) is 12.5. The second-order valence-corrected chi connectivity index (χ2v) is 7.57. The molecule has 136 valence electrons. The minimum atomic E-state index is -0.504. The molecule has 1 atom stereocenters. The van der Waals surface area contributed by atoms with Gasteiger partial charge in [0.1, 0.15) is 10.8 Å². The molecular weight excluding hydrogens is 351 g/mol. The maximum Gasteiger partial charge on any atom is 0.251 e. The minimum absolute atomic E-state index is 0.327. The Labute approximate surface area is 155 Å². The molecule has 1 heterocycles. The third-order valence-electron chi connectivity index (χ3n) is 4.72. The van der Waals surface area contributed by atoms with Gasteiger partial charge in [-0.25, -0.2) is 4.39 Å². The van der Waals surface area contributed by atoms with Crippen LogP contribution in [0.2, 0.25) is 0 Å². The summed E-state index contributed by atoms with van der Waals surface area (Å²) >= 11 is 1.45. The number of nitrogens with one attached hydrogen (secondary N) is 1. The fraction of sp³-hybridized carbons (Fsp3) is 0.300. The second kappa shape index (κ2) is 7.83. The number of fused-ring (bicyclic) bond motifs is 1. The summed E-state index contributed by atoms with van der Waals surface area (Å²) in [5.41, 5.74) is 7.72. The van der Waals surface area contributed by atoms with Crippen molar-refractivity contribution >= 4 is 34.2 Å². The van der Waals surface area contributed by atoms with Crippen molar-refractivity contribution in [3.8, 4) is 0 Å². The molecule has 0 aliphatic heterocycles. The van der Waals surface area contributed by atoms with E-state index < -0.39 is 5.91 Å². The average Bonchev–Trinajstić information content (AvgIpc) is 2.98. The van der Waals surface area contributed by atoms with E-state index in [9.17, 15) is 14.0 Å². The molecule has 1 unspecified atom stereocenters. The van der Waals surface area contributed by atoms with Crippen LogP contribution in [0.4, 0.5) is 9.39 Å². The number of carbonyl (C=O) groups excluding carboxylic acids is 2. The molecule has 0 fully saturated rings. The summed E-state index contributed by atoms with van der Waals surface area (Å²) in [5.74, 6) is -0.561. The van der Waals surface area contributed by atoms with Crippen molar-refractivity contribution in [1.82, 2.24) is 0 Å². The molecule has 0 radical (unpaired) electrons. The minimum Gasteiger partial charge on any atom is -0.365 e. The van der Waals surface area contributed by atoms with Gasteiger partial charge in [-0.3, -0.25) is 9.59 Å². The number of primary amides is 1.